The number of rotatable bonds is 4. The van der Waals surface area contributed by atoms with Gasteiger partial charge in [0.05, 0.1) is 16.6 Å². The summed E-state index contributed by atoms with van der Waals surface area (Å²) >= 11 is 0. The Morgan fingerprint density at radius 3 is 2.55 bits per heavy atom. The average Bonchev–Trinajstić information content (AvgIpc) is 2.69. The van der Waals surface area contributed by atoms with Gasteiger partial charge >= 0.3 is 0 Å². The fourth-order valence-electron chi connectivity index (χ4n) is 4.24. The fourth-order valence-corrected chi connectivity index (χ4v) is 5.07. The molecule has 0 aromatic heterocycles. The second-order valence-corrected chi connectivity index (χ2v) is 9.80. The number of sulfone groups is 1. The number of hydrogen-bond donors (Lipinski definition) is 4. The lowest BCUT2D eigenvalue weighted by atomic mass is 9.87. The highest BCUT2D eigenvalue weighted by atomic mass is 32.2. The minimum atomic E-state index is -3.41. The van der Waals surface area contributed by atoms with Crippen LogP contribution in [0.2, 0.25) is 0 Å². The molecule has 1 atom stereocenters. The number of fused-ring (bicyclic) bond motifs is 1. The Bertz CT molecular complexity index is 1020. The minimum Gasteiger partial charge on any atom is -0.504 e. The Hall–Kier alpha value is -2.45. The van der Waals surface area contributed by atoms with Gasteiger partial charge in [-0.2, -0.15) is 0 Å². The van der Waals surface area contributed by atoms with Crippen LogP contribution in [-0.4, -0.2) is 51.1 Å². The zero-order valence-corrected chi connectivity index (χ0v) is 17.3. The monoisotopic (exact) mass is 417 g/mol. The third kappa shape index (κ3) is 4.13. The molecule has 156 valence electrons. The highest BCUT2D eigenvalue weighted by Crippen LogP contribution is 2.40. The smallest absolute Gasteiger partial charge is 0.177 e. The summed E-state index contributed by atoms with van der Waals surface area (Å²) in [5.41, 5.74) is 3.45. The number of nitrogens with one attached hydrogen (secondary N) is 2. The molecule has 2 aromatic carbocycles. The van der Waals surface area contributed by atoms with Crippen molar-refractivity contribution >= 4 is 21.2 Å². The maximum Gasteiger partial charge on any atom is 0.177 e. The van der Waals surface area contributed by atoms with E-state index in [-0.39, 0.29) is 22.4 Å². The summed E-state index contributed by atoms with van der Waals surface area (Å²) < 4.78 is 24.8. The number of aryl methyl sites for hydroxylation is 1. The largest absolute Gasteiger partial charge is 0.504 e. The second-order valence-electron chi connectivity index (χ2n) is 7.82. The highest BCUT2D eigenvalue weighted by Gasteiger charge is 2.25. The second kappa shape index (κ2) is 7.76. The lowest BCUT2D eigenvalue weighted by Crippen LogP contribution is -2.43. The predicted octanol–water partition coefficient (Wildman–Crippen LogP) is 2.40. The molecular formula is C21H27N3O4S. The Morgan fingerprint density at radius 1 is 1.10 bits per heavy atom. The number of hydrogen-bond acceptors (Lipinski definition) is 7. The molecule has 7 nitrogen and oxygen atoms in total. The molecule has 1 saturated heterocycles. The third-order valence-corrected chi connectivity index (χ3v) is 6.88. The standard InChI is InChI=1S/C21H27N3O4S/c1-29(27,28)21-6-5-15(24-9-7-22-8-10-24)12-18(21)23-17-4-2-3-14-11-19(25)20(26)13-16(14)17/h5-6,11-13,17,22-23,25-26H,2-4,7-10H2,1H3. The number of piperazine rings is 1. The van der Waals surface area contributed by atoms with Gasteiger partial charge in [-0.1, -0.05) is 0 Å². The normalized spacial score (nSPS) is 19.6. The van der Waals surface area contributed by atoms with Crippen LogP contribution in [0.15, 0.2) is 35.2 Å². The third-order valence-electron chi connectivity index (χ3n) is 5.73. The molecule has 4 rings (SSSR count). The first-order valence-corrected chi connectivity index (χ1v) is 11.8. The van der Waals surface area contributed by atoms with Crippen molar-refractivity contribution in [1.82, 2.24) is 5.32 Å². The van der Waals surface area contributed by atoms with Crippen LogP contribution >= 0.6 is 0 Å². The van der Waals surface area contributed by atoms with E-state index in [1.807, 2.05) is 12.1 Å². The molecule has 0 spiro atoms. The maximum absolute atomic E-state index is 12.4. The molecule has 8 heteroatoms. The Balaban J connectivity index is 1.71. The van der Waals surface area contributed by atoms with Crippen LogP contribution in [0.1, 0.15) is 30.0 Å². The van der Waals surface area contributed by atoms with Gasteiger partial charge in [0.2, 0.25) is 0 Å². The first-order valence-electron chi connectivity index (χ1n) is 9.94. The number of nitrogens with zero attached hydrogens (tertiary/aromatic N) is 1. The highest BCUT2D eigenvalue weighted by molar-refractivity contribution is 7.90. The molecule has 2 aromatic rings. The van der Waals surface area contributed by atoms with Crippen molar-refractivity contribution in [2.45, 2.75) is 30.2 Å². The van der Waals surface area contributed by atoms with Crippen LogP contribution in [0.3, 0.4) is 0 Å². The molecule has 0 bridgehead atoms. The van der Waals surface area contributed by atoms with Crippen LogP contribution in [0.25, 0.3) is 0 Å². The lowest BCUT2D eigenvalue weighted by molar-refractivity contribution is 0.400. The van der Waals surface area contributed by atoms with Gasteiger partial charge in [-0.15, -0.1) is 0 Å². The van der Waals surface area contributed by atoms with Gasteiger partial charge in [0.15, 0.2) is 21.3 Å². The van der Waals surface area contributed by atoms with E-state index in [4.69, 9.17) is 0 Å². The van der Waals surface area contributed by atoms with E-state index in [1.54, 1.807) is 18.2 Å². The number of phenolic OH excluding ortho intramolecular Hbond substituents is 2. The van der Waals surface area contributed by atoms with Crippen molar-refractivity contribution in [2.75, 3.05) is 42.7 Å². The molecule has 1 aliphatic carbocycles. The Labute approximate surface area is 171 Å². The zero-order chi connectivity index (χ0) is 20.6. The van der Waals surface area contributed by atoms with E-state index in [9.17, 15) is 18.6 Å². The molecule has 1 aliphatic heterocycles. The first-order chi connectivity index (χ1) is 13.8. The average molecular weight is 418 g/mol. The minimum absolute atomic E-state index is 0.123. The van der Waals surface area contributed by atoms with E-state index in [2.05, 4.69) is 15.5 Å². The molecule has 2 aliphatic rings. The first kappa shape index (κ1) is 19.8. The summed E-state index contributed by atoms with van der Waals surface area (Å²) in [7, 11) is -3.41. The fraction of sp³-hybridized carbons (Fsp3) is 0.429. The van der Waals surface area contributed by atoms with Crippen LogP contribution < -0.4 is 15.5 Å². The molecule has 1 unspecified atom stereocenters. The van der Waals surface area contributed by atoms with Crippen LogP contribution in [0.5, 0.6) is 11.5 Å². The van der Waals surface area contributed by atoms with Gasteiger partial charge in [0, 0.05) is 38.1 Å². The van der Waals surface area contributed by atoms with Crippen molar-refractivity contribution in [2.24, 2.45) is 0 Å². The lowest BCUT2D eigenvalue weighted by Gasteiger charge is -2.31. The van der Waals surface area contributed by atoms with Gasteiger partial charge in [-0.05, 0) is 60.7 Å². The molecule has 1 heterocycles. The molecule has 29 heavy (non-hydrogen) atoms. The van der Waals surface area contributed by atoms with Crippen molar-refractivity contribution in [3.63, 3.8) is 0 Å². The van der Waals surface area contributed by atoms with E-state index >= 15 is 0 Å². The van der Waals surface area contributed by atoms with Gasteiger partial charge in [0.1, 0.15) is 0 Å². The molecule has 0 radical (unpaired) electrons. The molecule has 1 fully saturated rings. The van der Waals surface area contributed by atoms with Gasteiger partial charge < -0.3 is 25.7 Å². The number of aromatic hydroxyl groups is 2. The van der Waals surface area contributed by atoms with Gasteiger partial charge in [-0.25, -0.2) is 8.42 Å². The molecular weight excluding hydrogens is 390 g/mol. The van der Waals surface area contributed by atoms with Crippen molar-refractivity contribution in [3.8, 4) is 11.5 Å². The van der Waals surface area contributed by atoms with E-state index in [0.29, 0.717) is 5.69 Å². The van der Waals surface area contributed by atoms with E-state index < -0.39 is 9.84 Å². The SMILES string of the molecule is CS(=O)(=O)c1ccc(N2CCNCC2)cc1NC1CCCc2cc(O)c(O)cc21. The Morgan fingerprint density at radius 2 is 1.83 bits per heavy atom. The van der Waals surface area contributed by atoms with Crippen molar-refractivity contribution in [1.29, 1.82) is 0 Å². The summed E-state index contributed by atoms with van der Waals surface area (Å²) in [6.07, 6.45) is 3.77. The summed E-state index contributed by atoms with van der Waals surface area (Å²) in [6.45, 7) is 3.54. The number of benzene rings is 2. The van der Waals surface area contributed by atoms with E-state index in [0.717, 1.165) is 62.3 Å². The quantitative estimate of drug-likeness (QED) is 0.567. The van der Waals surface area contributed by atoms with Crippen molar-refractivity contribution in [3.05, 3.63) is 41.5 Å². The maximum atomic E-state index is 12.4. The molecule has 0 amide bonds. The summed E-state index contributed by atoms with van der Waals surface area (Å²) in [5, 5.41) is 26.5. The summed E-state index contributed by atoms with van der Waals surface area (Å²) in [4.78, 5) is 2.51. The topological polar surface area (TPSA) is 102 Å². The molecule has 0 saturated carbocycles. The van der Waals surface area contributed by atoms with Gasteiger partial charge in [0.25, 0.3) is 0 Å². The van der Waals surface area contributed by atoms with Crippen LogP contribution in [-0.2, 0) is 16.3 Å². The van der Waals surface area contributed by atoms with E-state index in [1.165, 1.54) is 6.26 Å². The predicted molar refractivity (Wildman–Crippen MR) is 114 cm³/mol. The Kier molecular flexibility index (Phi) is 5.31. The van der Waals surface area contributed by atoms with Crippen LogP contribution in [0, 0.1) is 0 Å². The van der Waals surface area contributed by atoms with Crippen LogP contribution in [0.4, 0.5) is 11.4 Å². The van der Waals surface area contributed by atoms with Gasteiger partial charge in [-0.3, -0.25) is 0 Å². The summed E-state index contributed by atoms with van der Waals surface area (Å²) in [5.74, 6) is -0.280. The number of anilines is 2. The summed E-state index contributed by atoms with van der Waals surface area (Å²) in [6, 6.07) is 8.51. The number of phenols is 2. The zero-order valence-electron chi connectivity index (χ0n) is 16.5. The van der Waals surface area contributed by atoms with Crippen molar-refractivity contribution < 1.29 is 18.6 Å². The molecule has 4 N–H and O–H groups in total.